The molecule has 5 heteroatoms. The Morgan fingerprint density at radius 1 is 1.27 bits per heavy atom. The van der Waals surface area contributed by atoms with Crippen LogP contribution < -0.4 is 0 Å². The highest BCUT2D eigenvalue weighted by molar-refractivity contribution is 6.21. The Kier molecular flexibility index (Phi) is 10.4. The second-order valence-electron chi connectivity index (χ2n) is 8.62. The molecule has 0 spiro atoms. The molecular weight excluding hydrogens is 400 g/mol. The highest BCUT2D eigenvalue weighted by Gasteiger charge is 2.41. The van der Waals surface area contributed by atoms with Gasteiger partial charge in [-0.1, -0.05) is 49.8 Å². The average molecular weight is 437 g/mol. The summed E-state index contributed by atoms with van der Waals surface area (Å²) in [4.78, 5) is 11.6. The lowest BCUT2D eigenvalue weighted by Crippen LogP contribution is -2.18. The number of halogens is 1. The lowest BCUT2D eigenvalue weighted by Gasteiger charge is -2.23. The Hall–Kier alpha value is -1.36. The van der Waals surface area contributed by atoms with Gasteiger partial charge in [-0.05, 0) is 63.0 Å². The molecule has 0 aliphatic heterocycles. The predicted molar refractivity (Wildman–Crippen MR) is 122 cm³/mol. The Morgan fingerprint density at radius 3 is 2.60 bits per heavy atom. The van der Waals surface area contributed by atoms with Gasteiger partial charge in [0.15, 0.2) is 0 Å². The molecule has 30 heavy (non-hydrogen) atoms. The third kappa shape index (κ3) is 7.40. The molecule has 1 aliphatic carbocycles. The van der Waals surface area contributed by atoms with Crippen molar-refractivity contribution in [3.05, 3.63) is 47.5 Å². The maximum atomic E-state index is 11.6. The minimum absolute atomic E-state index is 0.00413. The van der Waals surface area contributed by atoms with E-state index in [1.807, 2.05) is 38.1 Å². The number of rotatable bonds is 11. The number of alkyl halides is 1. The quantitative estimate of drug-likeness (QED) is 0.203. The van der Waals surface area contributed by atoms with Crippen molar-refractivity contribution < 1.29 is 19.7 Å². The molecule has 1 fully saturated rings. The minimum Gasteiger partial charge on any atom is -0.463 e. The van der Waals surface area contributed by atoms with Crippen LogP contribution in [0.15, 0.2) is 36.4 Å². The van der Waals surface area contributed by atoms with Crippen LogP contribution in [0.25, 0.3) is 0 Å². The highest BCUT2D eigenvalue weighted by atomic mass is 35.5. The van der Waals surface area contributed by atoms with Gasteiger partial charge in [0.05, 0.1) is 18.3 Å². The zero-order valence-electron chi connectivity index (χ0n) is 18.5. The van der Waals surface area contributed by atoms with E-state index in [1.54, 1.807) is 0 Å². The molecule has 1 aromatic rings. The molecule has 1 saturated carbocycles. The Balaban J connectivity index is 1.90. The fourth-order valence-electron chi connectivity index (χ4n) is 4.26. The van der Waals surface area contributed by atoms with Crippen molar-refractivity contribution in [3.8, 4) is 0 Å². The molecule has 2 rings (SSSR count). The van der Waals surface area contributed by atoms with Crippen molar-refractivity contribution in [2.45, 2.75) is 95.3 Å². The van der Waals surface area contributed by atoms with E-state index in [1.165, 1.54) is 0 Å². The van der Waals surface area contributed by atoms with Gasteiger partial charge in [-0.3, -0.25) is 4.79 Å². The number of aliphatic hydroxyl groups is 2. The number of hydrogen-bond acceptors (Lipinski definition) is 4. The standard InChI is InChI=1S/C25H37ClO4/c1-4-9-22(27)18-12-14-19(15-13-18)25-20(21(26)16-23(25)28)10-7-5-6-8-11-24(29)30-17(2)3/h5,7,12-15,17,20-23,25,27-28H,4,6,8-11,16H2,1-3H3/b7-5-/t20-,21-,22?,23+,25+/m0/s1. The van der Waals surface area contributed by atoms with Crippen LogP contribution in [-0.2, 0) is 9.53 Å². The summed E-state index contributed by atoms with van der Waals surface area (Å²) in [5.74, 6) is 0.0106. The smallest absolute Gasteiger partial charge is 0.306 e. The summed E-state index contributed by atoms with van der Waals surface area (Å²) in [6.45, 7) is 5.77. The van der Waals surface area contributed by atoms with Crippen LogP contribution in [0.3, 0.4) is 0 Å². The van der Waals surface area contributed by atoms with Crippen molar-refractivity contribution in [1.29, 1.82) is 0 Å². The van der Waals surface area contributed by atoms with Gasteiger partial charge < -0.3 is 14.9 Å². The van der Waals surface area contributed by atoms with Gasteiger partial charge in [0.1, 0.15) is 0 Å². The molecule has 1 aliphatic rings. The first-order chi connectivity index (χ1) is 14.3. The second kappa shape index (κ2) is 12.5. The molecule has 1 unspecified atom stereocenters. The largest absolute Gasteiger partial charge is 0.463 e. The van der Waals surface area contributed by atoms with Crippen molar-refractivity contribution in [2.24, 2.45) is 5.92 Å². The van der Waals surface area contributed by atoms with E-state index in [0.29, 0.717) is 12.8 Å². The van der Waals surface area contributed by atoms with Crippen molar-refractivity contribution in [1.82, 2.24) is 0 Å². The topological polar surface area (TPSA) is 66.8 Å². The summed E-state index contributed by atoms with van der Waals surface area (Å²) >= 11 is 6.58. The lowest BCUT2D eigenvalue weighted by atomic mass is 9.84. The van der Waals surface area contributed by atoms with Gasteiger partial charge in [-0.25, -0.2) is 0 Å². The molecule has 0 heterocycles. The van der Waals surface area contributed by atoms with E-state index in [4.69, 9.17) is 16.3 Å². The van der Waals surface area contributed by atoms with Crippen molar-refractivity contribution >= 4 is 17.6 Å². The molecule has 0 saturated heterocycles. The van der Waals surface area contributed by atoms with Crippen LogP contribution in [0, 0.1) is 5.92 Å². The number of unbranched alkanes of at least 4 members (excludes halogenated alkanes) is 1. The van der Waals surface area contributed by atoms with Gasteiger partial charge in [0.2, 0.25) is 0 Å². The Labute approximate surface area is 186 Å². The van der Waals surface area contributed by atoms with Crippen LogP contribution in [-0.4, -0.2) is 33.8 Å². The van der Waals surface area contributed by atoms with Crippen LogP contribution in [0.4, 0.5) is 0 Å². The fraction of sp³-hybridized carbons (Fsp3) is 0.640. The number of allylic oxidation sites excluding steroid dienone is 2. The Morgan fingerprint density at radius 2 is 1.97 bits per heavy atom. The van der Waals surface area contributed by atoms with Crippen LogP contribution in [0.2, 0.25) is 0 Å². The summed E-state index contributed by atoms with van der Waals surface area (Å²) in [7, 11) is 0. The van der Waals surface area contributed by atoms with Crippen LogP contribution in [0.5, 0.6) is 0 Å². The molecule has 168 valence electrons. The summed E-state index contributed by atoms with van der Waals surface area (Å²) in [6, 6.07) is 7.97. The maximum Gasteiger partial charge on any atom is 0.306 e. The number of aliphatic hydroxyl groups excluding tert-OH is 2. The average Bonchev–Trinajstić information content (AvgIpc) is 2.97. The van der Waals surface area contributed by atoms with E-state index in [9.17, 15) is 15.0 Å². The van der Waals surface area contributed by atoms with Gasteiger partial charge in [0.25, 0.3) is 0 Å². The summed E-state index contributed by atoms with van der Waals surface area (Å²) in [5, 5.41) is 20.7. The first-order valence-electron chi connectivity index (χ1n) is 11.3. The molecule has 0 amide bonds. The number of hydrogen-bond donors (Lipinski definition) is 2. The van der Waals surface area contributed by atoms with E-state index in [0.717, 1.165) is 43.2 Å². The molecular formula is C25H37ClO4. The second-order valence-corrected chi connectivity index (χ2v) is 9.18. The van der Waals surface area contributed by atoms with Gasteiger partial charge in [-0.2, -0.15) is 0 Å². The van der Waals surface area contributed by atoms with E-state index in [-0.39, 0.29) is 29.3 Å². The number of carbonyl (C=O) groups excluding carboxylic acids is 1. The normalized spacial score (nSPS) is 25.2. The van der Waals surface area contributed by atoms with Gasteiger partial charge >= 0.3 is 5.97 Å². The lowest BCUT2D eigenvalue weighted by molar-refractivity contribution is -0.147. The van der Waals surface area contributed by atoms with Gasteiger partial charge in [-0.15, -0.1) is 11.6 Å². The number of benzene rings is 1. The molecule has 0 radical (unpaired) electrons. The molecule has 4 nitrogen and oxygen atoms in total. The fourth-order valence-corrected chi connectivity index (χ4v) is 4.71. The molecule has 5 atom stereocenters. The zero-order valence-corrected chi connectivity index (χ0v) is 19.2. The van der Waals surface area contributed by atoms with Crippen LogP contribution in [0.1, 0.15) is 88.9 Å². The summed E-state index contributed by atoms with van der Waals surface area (Å²) in [6.07, 6.45) is 8.36. The van der Waals surface area contributed by atoms with E-state index in [2.05, 4.69) is 19.1 Å². The summed E-state index contributed by atoms with van der Waals surface area (Å²) in [5.41, 5.74) is 2.00. The first-order valence-corrected chi connectivity index (χ1v) is 11.7. The maximum absolute atomic E-state index is 11.6. The molecule has 0 aromatic heterocycles. The van der Waals surface area contributed by atoms with Gasteiger partial charge in [0, 0.05) is 17.7 Å². The summed E-state index contributed by atoms with van der Waals surface area (Å²) < 4.78 is 5.14. The number of ether oxygens (including phenoxy) is 1. The van der Waals surface area contributed by atoms with Crippen LogP contribution >= 0.6 is 11.6 Å². The number of carbonyl (C=O) groups is 1. The molecule has 0 bridgehead atoms. The monoisotopic (exact) mass is 436 g/mol. The molecule has 1 aromatic carbocycles. The predicted octanol–water partition coefficient (Wildman–Crippen LogP) is 5.66. The van der Waals surface area contributed by atoms with Crippen molar-refractivity contribution in [3.63, 3.8) is 0 Å². The Bertz CT molecular complexity index is 670. The minimum atomic E-state index is -0.455. The third-order valence-corrected chi connectivity index (χ3v) is 6.27. The third-order valence-electron chi connectivity index (χ3n) is 5.77. The van der Waals surface area contributed by atoms with E-state index < -0.39 is 12.2 Å². The first kappa shape index (κ1) is 24.9. The molecule has 2 N–H and O–H groups in total. The zero-order chi connectivity index (χ0) is 22.1. The highest BCUT2D eigenvalue weighted by Crippen LogP contribution is 2.45. The van der Waals surface area contributed by atoms with Crippen molar-refractivity contribution in [2.75, 3.05) is 0 Å². The SMILES string of the molecule is CCCC(O)c1ccc([C@@H]2[C@@H](C/C=C\CCCC(=O)OC(C)C)[C@@H](Cl)C[C@H]2O)cc1. The number of esters is 1. The van der Waals surface area contributed by atoms with E-state index >= 15 is 0 Å².